The molecule has 0 bridgehead atoms. The minimum absolute atomic E-state index is 0.0141. The van der Waals surface area contributed by atoms with Crippen LogP contribution in [0.2, 0.25) is 5.28 Å². The van der Waals surface area contributed by atoms with Gasteiger partial charge >= 0.3 is 0 Å². The fourth-order valence-corrected chi connectivity index (χ4v) is 2.80. The average Bonchev–Trinajstić information content (AvgIpc) is 2.47. The summed E-state index contributed by atoms with van der Waals surface area (Å²) in [5.74, 6) is 0.636. The van der Waals surface area contributed by atoms with Crippen molar-refractivity contribution in [3.63, 3.8) is 0 Å². The molecule has 1 aromatic heterocycles. The number of carbonyl (C=O) groups excluding carboxylic acids is 1. The van der Waals surface area contributed by atoms with E-state index in [-0.39, 0.29) is 22.7 Å². The molecule has 0 radical (unpaired) electrons. The number of rotatable bonds is 4. The van der Waals surface area contributed by atoms with Crippen LogP contribution in [0.15, 0.2) is 0 Å². The number of carbonyl (C=O) groups is 1. The second-order valence-electron chi connectivity index (χ2n) is 4.88. The van der Waals surface area contributed by atoms with Crippen molar-refractivity contribution >= 4 is 41.6 Å². The molecule has 1 aliphatic heterocycles. The van der Waals surface area contributed by atoms with E-state index in [2.05, 4.69) is 22.6 Å². The van der Waals surface area contributed by atoms with Gasteiger partial charge in [-0.05, 0) is 24.9 Å². The highest BCUT2D eigenvalue weighted by Gasteiger charge is 2.37. The Morgan fingerprint density at radius 2 is 2.14 bits per heavy atom. The summed E-state index contributed by atoms with van der Waals surface area (Å²) in [5, 5.41) is 0.179. The van der Waals surface area contributed by atoms with Crippen LogP contribution in [0.1, 0.15) is 19.5 Å². The first-order valence-electron chi connectivity index (χ1n) is 6.72. The summed E-state index contributed by atoms with van der Waals surface area (Å²) in [5.41, 5.74) is 1.14. The Hall–Kier alpha value is -1.05. The molecule has 21 heavy (non-hydrogen) atoms. The Labute approximate surface area is 134 Å². The normalized spacial score (nSPS) is 19.7. The van der Waals surface area contributed by atoms with E-state index in [0.717, 1.165) is 5.69 Å². The third-order valence-corrected chi connectivity index (χ3v) is 4.18. The van der Waals surface area contributed by atoms with Crippen LogP contribution in [0.3, 0.4) is 0 Å². The highest BCUT2D eigenvalue weighted by Crippen LogP contribution is 2.37. The molecule has 0 aromatic carbocycles. The number of methoxy groups -OCH3 is 1. The average molecular weight is 331 g/mol. The summed E-state index contributed by atoms with van der Waals surface area (Å²) >= 11 is 10.4. The van der Waals surface area contributed by atoms with Gasteiger partial charge in [0.25, 0.3) is 0 Å². The summed E-state index contributed by atoms with van der Waals surface area (Å²) < 4.78 is 5.19. The summed E-state index contributed by atoms with van der Waals surface area (Å²) in [6, 6.07) is -0.358. The van der Waals surface area contributed by atoms with Gasteiger partial charge in [-0.3, -0.25) is 4.79 Å². The smallest absolute Gasteiger partial charge is 0.249 e. The van der Waals surface area contributed by atoms with Crippen LogP contribution < -0.4 is 9.80 Å². The first-order chi connectivity index (χ1) is 9.90. The highest BCUT2D eigenvalue weighted by molar-refractivity contribution is 7.80. The van der Waals surface area contributed by atoms with E-state index in [1.54, 1.807) is 19.1 Å². The van der Waals surface area contributed by atoms with Gasteiger partial charge in [-0.25, -0.2) is 4.98 Å². The van der Waals surface area contributed by atoms with Crippen molar-refractivity contribution in [1.82, 2.24) is 9.97 Å². The molecule has 1 amide bonds. The van der Waals surface area contributed by atoms with E-state index in [1.807, 2.05) is 18.7 Å². The number of nitrogens with zero attached hydrogens (tertiary/aromatic N) is 4. The van der Waals surface area contributed by atoms with Crippen LogP contribution in [-0.2, 0) is 16.0 Å². The lowest BCUT2D eigenvalue weighted by atomic mass is 10.1. The van der Waals surface area contributed by atoms with Gasteiger partial charge in [0.1, 0.15) is 17.2 Å². The van der Waals surface area contributed by atoms with Crippen LogP contribution in [-0.4, -0.2) is 48.1 Å². The Morgan fingerprint density at radius 1 is 1.48 bits per heavy atom. The second-order valence-corrected chi connectivity index (χ2v) is 5.80. The lowest BCUT2D eigenvalue weighted by Gasteiger charge is -2.40. The standard InChI is InChI=1S/C13H19ClN4O2S/c1-5-8-10-11(16-13(14)15-8)18(6-9(21)20-4)7(2)12(19)17(10)3/h7,9,21H,5-6H2,1-4H3. The number of thiol groups is 1. The number of hydrogen-bond acceptors (Lipinski definition) is 6. The summed E-state index contributed by atoms with van der Waals surface area (Å²) in [6.07, 6.45) is 0.666. The Kier molecular flexibility index (Phi) is 4.95. The van der Waals surface area contributed by atoms with E-state index in [4.69, 9.17) is 16.3 Å². The molecule has 0 fully saturated rings. The monoisotopic (exact) mass is 330 g/mol. The summed E-state index contributed by atoms with van der Waals surface area (Å²) in [4.78, 5) is 24.5. The van der Waals surface area contributed by atoms with Crippen molar-refractivity contribution in [2.45, 2.75) is 31.7 Å². The zero-order valence-corrected chi connectivity index (χ0v) is 14.1. The maximum atomic E-state index is 12.5. The van der Waals surface area contributed by atoms with Gasteiger partial charge in [-0.15, -0.1) is 12.6 Å². The second kappa shape index (κ2) is 6.37. The number of anilines is 2. The van der Waals surface area contributed by atoms with Gasteiger partial charge in [0.05, 0.1) is 12.2 Å². The van der Waals surface area contributed by atoms with Crippen LogP contribution in [0.25, 0.3) is 0 Å². The first kappa shape index (κ1) is 16.3. The van der Waals surface area contributed by atoms with Gasteiger partial charge in [0, 0.05) is 14.2 Å². The zero-order chi connectivity index (χ0) is 15.7. The molecule has 116 valence electrons. The first-order valence-corrected chi connectivity index (χ1v) is 7.61. The number of aromatic nitrogens is 2. The molecule has 0 saturated carbocycles. The number of hydrogen-bond donors (Lipinski definition) is 1. The van der Waals surface area contributed by atoms with E-state index >= 15 is 0 Å². The number of fused-ring (bicyclic) bond motifs is 1. The quantitative estimate of drug-likeness (QED) is 0.518. The molecule has 0 saturated heterocycles. The lowest BCUT2D eigenvalue weighted by Crippen LogP contribution is -2.53. The van der Waals surface area contributed by atoms with Crippen molar-refractivity contribution < 1.29 is 9.53 Å². The van der Waals surface area contributed by atoms with Crippen molar-refractivity contribution in [3.8, 4) is 0 Å². The fourth-order valence-electron chi connectivity index (χ4n) is 2.44. The molecule has 1 aromatic rings. The molecule has 0 aliphatic carbocycles. The van der Waals surface area contributed by atoms with Gasteiger partial charge in [-0.1, -0.05) is 6.92 Å². The Morgan fingerprint density at radius 3 is 2.71 bits per heavy atom. The van der Waals surface area contributed by atoms with Crippen LogP contribution in [0, 0.1) is 0 Å². The maximum Gasteiger partial charge on any atom is 0.249 e. The topological polar surface area (TPSA) is 58.6 Å². The van der Waals surface area contributed by atoms with E-state index in [9.17, 15) is 4.79 Å². The van der Waals surface area contributed by atoms with Crippen molar-refractivity contribution in [2.75, 3.05) is 30.5 Å². The maximum absolute atomic E-state index is 12.5. The van der Waals surface area contributed by atoms with Crippen LogP contribution >= 0.6 is 24.2 Å². The molecule has 0 spiro atoms. The number of amides is 1. The molecule has 2 heterocycles. The van der Waals surface area contributed by atoms with Gasteiger partial charge < -0.3 is 14.5 Å². The number of aryl methyl sites for hydroxylation is 1. The minimum Gasteiger partial charge on any atom is -0.369 e. The van der Waals surface area contributed by atoms with Gasteiger partial charge in [0.2, 0.25) is 11.2 Å². The molecule has 6 nitrogen and oxygen atoms in total. The van der Waals surface area contributed by atoms with E-state index in [0.29, 0.717) is 24.5 Å². The van der Waals surface area contributed by atoms with E-state index in [1.165, 1.54) is 0 Å². The molecule has 1 aliphatic rings. The molecule has 0 N–H and O–H groups in total. The highest BCUT2D eigenvalue weighted by atomic mass is 35.5. The number of ether oxygens (including phenoxy) is 1. The summed E-state index contributed by atoms with van der Waals surface area (Å²) in [7, 11) is 3.31. The van der Waals surface area contributed by atoms with E-state index < -0.39 is 0 Å². The largest absolute Gasteiger partial charge is 0.369 e. The van der Waals surface area contributed by atoms with Gasteiger partial charge in [0.15, 0.2) is 5.82 Å². The third-order valence-electron chi connectivity index (χ3n) is 3.63. The fraction of sp³-hybridized carbons (Fsp3) is 0.615. The third kappa shape index (κ3) is 2.95. The molecular formula is C13H19ClN4O2S. The SMILES string of the molecule is CCc1nc(Cl)nc2c1N(C)C(=O)C(C)N2CC(S)OC. The molecule has 2 unspecified atom stereocenters. The predicted molar refractivity (Wildman–Crippen MR) is 86.4 cm³/mol. The number of likely N-dealkylation sites (N-methyl/N-ethyl adjacent to an activating group) is 1. The minimum atomic E-state index is -0.358. The zero-order valence-electron chi connectivity index (χ0n) is 12.5. The van der Waals surface area contributed by atoms with Crippen molar-refractivity contribution in [3.05, 3.63) is 11.0 Å². The molecular weight excluding hydrogens is 312 g/mol. The molecule has 8 heteroatoms. The van der Waals surface area contributed by atoms with Crippen LogP contribution in [0.4, 0.5) is 11.5 Å². The molecule has 2 atom stereocenters. The van der Waals surface area contributed by atoms with Crippen molar-refractivity contribution in [2.24, 2.45) is 0 Å². The number of halogens is 1. The Bertz CT molecular complexity index is 557. The summed E-state index contributed by atoms with van der Waals surface area (Å²) in [6.45, 7) is 4.24. The predicted octanol–water partition coefficient (Wildman–Crippen LogP) is 1.77. The molecule has 2 rings (SSSR count). The van der Waals surface area contributed by atoms with Gasteiger partial charge in [-0.2, -0.15) is 4.98 Å². The van der Waals surface area contributed by atoms with Crippen molar-refractivity contribution in [1.29, 1.82) is 0 Å². The lowest BCUT2D eigenvalue weighted by molar-refractivity contribution is -0.119. The Balaban J connectivity index is 2.57. The van der Waals surface area contributed by atoms with Crippen LogP contribution in [0.5, 0.6) is 0 Å².